The Kier molecular flexibility index (Phi) is 8.06. The van der Waals surface area contributed by atoms with E-state index in [0.29, 0.717) is 11.7 Å². The molecule has 0 radical (unpaired) electrons. The molecule has 57 heavy (non-hydrogen) atoms. The average molecular weight is 732 g/mol. The molecule has 0 amide bonds. The van der Waals surface area contributed by atoms with E-state index in [0.717, 1.165) is 85.0 Å². The lowest BCUT2D eigenvalue weighted by atomic mass is 9.87. The summed E-state index contributed by atoms with van der Waals surface area (Å²) in [5, 5.41) is 7.11. The maximum atomic E-state index is 6.44. The Labute approximate surface area is 330 Å². The molecule has 0 aliphatic heterocycles. The zero-order valence-electron chi connectivity index (χ0n) is 31.2. The maximum Gasteiger partial charge on any atom is 0.163 e. The van der Waals surface area contributed by atoms with Crippen molar-refractivity contribution >= 4 is 49.1 Å². The summed E-state index contributed by atoms with van der Waals surface area (Å²) in [7, 11) is 0. The van der Waals surface area contributed by atoms with Crippen LogP contribution in [0.5, 0.6) is 0 Å². The Balaban J connectivity index is 0.938. The van der Waals surface area contributed by atoms with Crippen molar-refractivity contribution in [1.82, 2.24) is 15.0 Å². The number of fused-ring (bicyclic) bond motifs is 5. The minimum Gasteiger partial charge on any atom is -0.456 e. The van der Waals surface area contributed by atoms with E-state index in [4.69, 9.17) is 19.4 Å². The molecule has 4 nitrogen and oxygen atoms in total. The van der Waals surface area contributed by atoms with Crippen LogP contribution in [0.1, 0.15) is 41.9 Å². The van der Waals surface area contributed by atoms with Crippen LogP contribution in [-0.2, 0) is 0 Å². The molecule has 11 rings (SSSR count). The fourth-order valence-corrected chi connectivity index (χ4v) is 8.61. The zero-order valence-corrected chi connectivity index (χ0v) is 31.2. The first-order chi connectivity index (χ1) is 28.2. The van der Waals surface area contributed by atoms with Gasteiger partial charge in [0.2, 0.25) is 0 Å². The molecule has 2 atom stereocenters. The fraction of sp³-hybridized carbons (Fsp3) is 0.0755. The summed E-state index contributed by atoms with van der Waals surface area (Å²) in [5.74, 6) is 2.61. The van der Waals surface area contributed by atoms with Gasteiger partial charge in [0, 0.05) is 33.7 Å². The molecule has 2 aromatic heterocycles. The average Bonchev–Trinajstić information content (AvgIpc) is 3.67. The highest BCUT2D eigenvalue weighted by atomic mass is 16.3. The van der Waals surface area contributed by atoms with Crippen molar-refractivity contribution in [2.24, 2.45) is 0 Å². The number of benzene rings is 7. The molecule has 2 aliphatic rings. The molecule has 0 N–H and O–H groups in total. The van der Waals surface area contributed by atoms with Crippen molar-refractivity contribution in [3.05, 3.63) is 205 Å². The molecule has 9 aromatic rings. The van der Waals surface area contributed by atoms with Crippen molar-refractivity contribution in [3.8, 4) is 33.6 Å². The number of allylic oxidation sites excluding steroid dienone is 8. The quantitative estimate of drug-likeness (QED) is 0.171. The van der Waals surface area contributed by atoms with E-state index in [1.165, 1.54) is 21.9 Å². The van der Waals surface area contributed by atoms with E-state index in [9.17, 15) is 0 Å². The summed E-state index contributed by atoms with van der Waals surface area (Å²) in [5.41, 5.74) is 9.77. The Hall–Kier alpha value is -7.17. The predicted molar refractivity (Wildman–Crippen MR) is 235 cm³/mol. The van der Waals surface area contributed by atoms with Gasteiger partial charge in [-0.3, -0.25) is 0 Å². The van der Waals surface area contributed by atoms with Gasteiger partial charge in [-0.1, -0.05) is 158 Å². The van der Waals surface area contributed by atoms with Gasteiger partial charge in [0.1, 0.15) is 17.0 Å². The number of hydrogen-bond donors (Lipinski definition) is 0. The minimum atomic E-state index is 0.0988. The third-order valence-corrected chi connectivity index (χ3v) is 11.6. The predicted octanol–water partition coefficient (Wildman–Crippen LogP) is 13.8. The smallest absolute Gasteiger partial charge is 0.163 e. The van der Waals surface area contributed by atoms with Crippen LogP contribution in [0.4, 0.5) is 0 Å². The second-order valence-corrected chi connectivity index (χ2v) is 15.1. The molecule has 2 unspecified atom stereocenters. The lowest BCUT2D eigenvalue weighted by Crippen LogP contribution is -2.10. The first-order valence-corrected chi connectivity index (χ1v) is 19.7. The second kappa shape index (κ2) is 13.8. The van der Waals surface area contributed by atoms with Crippen molar-refractivity contribution < 1.29 is 4.42 Å². The Bertz CT molecular complexity index is 3140. The van der Waals surface area contributed by atoms with Gasteiger partial charge >= 0.3 is 0 Å². The molecule has 0 bridgehead atoms. The summed E-state index contributed by atoms with van der Waals surface area (Å²) in [6, 6.07) is 51.8. The standard InChI is InChI=1S/C53H37N3O/c1-3-11-34(12-4-1)41-29-30-47-49(33-41)57-48-20-10-19-46(50(47)48)42-27-25-40-32-43(28-26-39(40)31-42)53-55-51(37-14-5-2-6-15-37)54-52(56-53)38-23-21-36(22-24-38)45-18-9-16-35-13-7-8-17-44(35)45/h1-14,16-21,23-33,36-37H,15,22H2. The molecule has 4 heteroatoms. The number of rotatable bonds is 6. The Morgan fingerprint density at radius 3 is 2.14 bits per heavy atom. The van der Waals surface area contributed by atoms with Crippen LogP contribution in [-0.4, -0.2) is 15.0 Å². The normalized spacial score (nSPS) is 16.5. The first kappa shape index (κ1) is 33.2. The minimum absolute atomic E-state index is 0.0988. The molecular formula is C53H37N3O. The monoisotopic (exact) mass is 731 g/mol. The lowest BCUT2D eigenvalue weighted by molar-refractivity contribution is 0.669. The van der Waals surface area contributed by atoms with Crippen LogP contribution >= 0.6 is 0 Å². The molecule has 0 saturated carbocycles. The van der Waals surface area contributed by atoms with Crippen molar-refractivity contribution in [3.63, 3.8) is 0 Å². The third-order valence-electron chi connectivity index (χ3n) is 11.6. The lowest BCUT2D eigenvalue weighted by Gasteiger charge is -2.19. The fourth-order valence-electron chi connectivity index (χ4n) is 8.61. The highest BCUT2D eigenvalue weighted by Crippen LogP contribution is 2.40. The topological polar surface area (TPSA) is 51.8 Å². The Morgan fingerprint density at radius 1 is 0.491 bits per heavy atom. The summed E-state index contributed by atoms with van der Waals surface area (Å²) in [4.78, 5) is 15.3. The third kappa shape index (κ3) is 6.07. The molecule has 2 aliphatic carbocycles. The molecule has 0 spiro atoms. The Morgan fingerprint density at radius 2 is 1.28 bits per heavy atom. The summed E-state index contributed by atoms with van der Waals surface area (Å²) >= 11 is 0. The van der Waals surface area contributed by atoms with Crippen LogP contribution in [0.25, 0.3) is 82.7 Å². The van der Waals surface area contributed by atoms with E-state index >= 15 is 0 Å². The highest BCUT2D eigenvalue weighted by Gasteiger charge is 2.21. The van der Waals surface area contributed by atoms with E-state index in [-0.39, 0.29) is 5.92 Å². The number of furan rings is 1. The molecular weight excluding hydrogens is 695 g/mol. The van der Waals surface area contributed by atoms with E-state index in [2.05, 4.69) is 182 Å². The van der Waals surface area contributed by atoms with Crippen LogP contribution in [0.15, 0.2) is 193 Å². The van der Waals surface area contributed by atoms with Crippen molar-refractivity contribution in [1.29, 1.82) is 0 Å². The van der Waals surface area contributed by atoms with Gasteiger partial charge < -0.3 is 4.42 Å². The summed E-state index contributed by atoms with van der Waals surface area (Å²) in [6.45, 7) is 0. The van der Waals surface area contributed by atoms with Crippen LogP contribution in [0, 0.1) is 0 Å². The molecule has 7 aromatic carbocycles. The van der Waals surface area contributed by atoms with Crippen LogP contribution in [0.3, 0.4) is 0 Å². The summed E-state index contributed by atoms with van der Waals surface area (Å²) < 4.78 is 6.44. The van der Waals surface area contributed by atoms with Crippen LogP contribution < -0.4 is 0 Å². The highest BCUT2D eigenvalue weighted by molar-refractivity contribution is 6.13. The summed E-state index contributed by atoms with van der Waals surface area (Å²) in [6.07, 6.45) is 17.1. The van der Waals surface area contributed by atoms with Gasteiger partial charge in [0.15, 0.2) is 11.6 Å². The van der Waals surface area contributed by atoms with Gasteiger partial charge in [0.05, 0.1) is 0 Å². The van der Waals surface area contributed by atoms with Crippen molar-refractivity contribution in [2.45, 2.75) is 24.7 Å². The number of hydrogen-bond acceptors (Lipinski definition) is 4. The zero-order chi connectivity index (χ0) is 37.7. The number of nitrogens with zero attached hydrogens (tertiary/aromatic N) is 3. The molecule has 2 heterocycles. The first-order valence-electron chi connectivity index (χ1n) is 19.7. The molecule has 0 saturated heterocycles. The van der Waals surface area contributed by atoms with Gasteiger partial charge in [0.25, 0.3) is 0 Å². The van der Waals surface area contributed by atoms with Gasteiger partial charge in [-0.25, -0.2) is 15.0 Å². The van der Waals surface area contributed by atoms with E-state index in [1.54, 1.807) is 0 Å². The van der Waals surface area contributed by atoms with E-state index in [1.807, 2.05) is 6.07 Å². The molecule has 270 valence electrons. The number of aromatic nitrogens is 3. The van der Waals surface area contributed by atoms with Crippen LogP contribution in [0.2, 0.25) is 0 Å². The van der Waals surface area contributed by atoms with E-state index < -0.39 is 0 Å². The largest absolute Gasteiger partial charge is 0.456 e. The second-order valence-electron chi connectivity index (χ2n) is 15.1. The van der Waals surface area contributed by atoms with Gasteiger partial charge in [-0.15, -0.1) is 0 Å². The van der Waals surface area contributed by atoms with Gasteiger partial charge in [-0.05, 0) is 92.5 Å². The molecule has 0 fully saturated rings. The van der Waals surface area contributed by atoms with Crippen molar-refractivity contribution in [2.75, 3.05) is 0 Å². The maximum absolute atomic E-state index is 6.44. The van der Waals surface area contributed by atoms with Gasteiger partial charge in [-0.2, -0.15) is 0 Å². The SMILES string of the molecule is C1=CCC(c2nc(C3=CCC(c4cccc5ccccc45)C=C3)nc(-c3ccc4cc(-c5cccc6oc7cc(-c8ccccc8)ccc7c56)ccc4c3)n2)C=C1.